The number of halogens is 1. The van der Waals surface area contributed by atoms with Crippen molar-refractivity contribution in [2.45, 2.75) is 13.0 Å². The van der Waals surface area contributed by atoms with Crippen molar-refractivity contribution in [1.82, 2.24) is 0 Å². The smallest absolute Gasteiger partial charge is 0.247 e. The summed E-state index contributed by atoms with van der Waals surface area (Å²) in [7, 11) is -0.714. The third-order valence-corrected chi connectivity index (χ3v) is 5.31. The maximum absolute atomic E-state index is 12.7. The van der Waals surface area contributed by atoms with Gasteiger partial charge < -0.3 is 14.8 Å². The molecule has 9 heteroatoms. The first-order valence-corrected chi connectivity index (χ1v) is 10.2. The van der Waals surface area contributed by atoms with Gasteiger partial charge in [0.2, 0.25) is 15.9 Å². The first kappa shape index (κ1) is 20.9. The molecular formula is C18H21ClN2O5S. The van der Waals surface area contributed by atoms with Crippen molar-refractivity contribution >= 4 is 38.9 Å². The minimum Gasteiger partial charge on any atom is -0.493 e. The number of benzene rings is 2. The topological polar surface area (TPSA) is 84.9 Å². The van der Waals surface area contributed by atoms with E-state index in [1.165, 1.54) is 21.1 Å². The average Bonchev–Trinajstić information content (AvgIpc) is 2.62. The third-order valence-electron chi connectivity index (χ3n) is 3.82. The molecule has 27 heavy (non-hydrogen) atoms. The number of anilines is 2. The van der Waals surface area contributed by atoms with Crippen LogP contribution in [0.25, 0.3) is 0 Å². The molecule has 0 heterocycles. The van der Waals surface area contributed by atoms with Crippen LogP contribution in [-0.2, 0) is 14.8 Å². The number of carbonyl (C=O) groups is 1. The monoisotopic (exact) mass is 412 g/mol. The molecule has 2 rings (SSSR count). The van der Waals surface area contributed by atoms with Crippen LogP contribution in [0.1, 0.15) is 6.92 Å². The largest absolute Gasteiger partial charge is 0.493 e. The predicted molar refractivity (Wildman–Crippen MR) is 106 cm³/mol. The molecule has 0 saturated heterocycles. The van der Waals surface area contributed by atoms with Crippen molar-refractivity contribution < 1.29 is 22.7 Å². The zero-order chi connectivity index (χ0) is 20.2. The lowest BCUT2D eigenvalue weighted by molar-refractivity contribution is -0.116. The standard InChI is InChI=1S/C18H21ClN2O5S/c1-12(21(27(4,23)24)15-8-5-13(19)6-9-15)18(22)20-14-7-10-16(25-2)17(11-14)26-3/h5-12H,1-4H3,(H,20,22). The van der Waals surface area contributed by atoms with Crippen LogP contribution in [0.2, 0.25) is 5.02 Å². The van der Waals surface area contributed by atoms with E-state index in [2.05, 4.69) is 5.32 Å². The van der Waals surface area contributed by atoms with Gasteiger partial charge in [-0.05, 0) is 43.3 Å². The van der Waals surface area contributed by atoms with E-state index in [0.29, 0.717) is 27.9 Å². The van der Waals surface area contributed by atoms with Crippen LogP contribution >= 0.6 is 11.6 Å². The van der Waals surface area contributed by atoms with E-state index >= 15 is 0 Å². The van der Waals surface area contributed by atoms with Crippen molar-refractivity contribution in [2.75, 3.05) is 30.1 Å². The predicted octanol–water partition coefficient (Wildman–Crippen LogP) is 3.15. The zero-order valence-corrected chi connectivity index (χ0v) is 17.0. The van der Waals surface area contributed by atoms with E-state index in [9.17, 15) is 13.2 Å². The van der Waals surface area contributed by atoms with Gasteiger partial charge in [0.05, 0.1) is 26.2 Å². The van der Waals surface area contributed by atoms with E-state index < -0.39 is 22.0 Å². The summed E-state index contributed by atoms with van der Waals surface area (Å²) < 4.78 is 36.0. The summed E-state index contributed by atoms with van der Waals surface area (Å²) >= 11 is 5.86. The summed E-state index contributed by atoms with van der Waals surface area (Å²) in [5.41, 5.74) is 0.797. The Morgan fingerprint density at radius 1 is 1.07 bits per heavy atom. The van der Waals surface area contributed by atoms with Gasteiger partial charge in [-0.2, -0.15) is 0 Å². The van der Waals surface area contributed by atoms with Crippen LogP contribution in [0.5, 0.6) is 11.5 Å². The Morgan fingerprint density at radius 3 is 2.19 bits per heavy atom. The molecule has 0 aliphatic heterocycles. The van der Waals surface area contributed by atoms with Crippen molar-refractivity contribution in [1.29, 1.82) is 0 Å². The van der Waals surface area contributed by atoms with Gasteiger partial charge in [0.25, 0.3) is 0 Å². The fourth-order valence-electron chi connectivity index (χ4n) is 2.56. The van der Waals surface area contributed by atoms with Crippen molar-refractivity contribution in [3.63, 3.8) is 0 Å². The molecular weight excluding hydrogens is 392 g/mol. The highest BCUT2D eigenvalue weighted by molar-refractivity contribution is 7.92. The average molecular weight is 413 g/mol. The quantitative estimate of drug-likeness (QED) is 0.755. The Hall–Kier alpha value is -2.45. The molecule has 0 spiro atoms. The number of hydrogen-bond acceptors (Lipinski definition) is 5. The zero-order valence-electron chi connectivity index (χ0n) is 15.4. The number of nitrogens with one attached hydrogen (secondary N) is 1. The molecule has 1 unspecified atom stereocenters. The van der Waals surface area contributed by atoms with Crippen LogP contribution in [0.4, 0.5) is 11.4 Å². The molecule has 0 fully saturated rings. The Labute approximate surface area is 163 Å². The highest BCUT2D eigenvalue weighted by atomic mass is 35.5. The normalized spacial score (nSPS) is 12.2. The van der Waals surface area contributed by atoms with Crippen molar-refractivity contribution in [3.05, 3.63) is 47.5 Å². The summed E-state index contributed by atoms with van der Waals surface area (Å²) in [6.45, 7) is 1.51. The van der Waals surface area contributed by atoms with Gasteiger partial charge in [-0.25, -0.2) is 8.42 Å². The minimum absolute atomic E-state index is 0.344. The first-order valence-electron chi connectivity index (χ1n) is 7.95. The Balaban J connectivity index is 2.29. The van der Waals surface area contributed by atoms with Gasteiger partial charge in [-0.3, -0.25) is 9.10 Å². The van der Waals surface area contributed by atoms with Crippen molar-refractivity contribution in [2.24, 2.45) is 0 Å². The van der Waals surface area contributed by atoms with E-state index in [1.807, 2.05) is 0 Å². The molecule has 1 N–H and O–H groups in total. The molecule has 0 aromatic heterocycles. The lowest BCUT2D eigenvalue weighted by Crippen LogP contribution is -2.45. The molecule has 7 nitrogen and oxygen atoms in total. The van der Waals surface area contributed by atoms with Crippen LogP contribution in [0.15, 0.2) is 42.5 Å². The molecule has 0 bridgehead atoms. The lowest BCUT2D eigenvalue weighted by atomic mass is 10.2. The number of carbonyl (C=O) groups excluding carboxylic acids is 1. The maximum Gasteiger partial charge on any atom is 0.247 e. The molecule has 0 aliphatic rings. The molecule has 2 aromatic rings. The Bertz CT molecular complexity index is 916. The number of sulfonamides is 1. The van der Waals surface area contributed by atoms with E-state index in [1.54, 1.807) is 42.5 Å². The molecule has 2 aromatic carbocycles. The molecule has 0 saturated carbocycles. The minimum atomic E-state index is -3.71. The van der Waals surface area contributed by atoms with Gasteiger partial charge in [0.15, 0.2) is 11.5 Å². The van der Waals surface area contributed by atoms with E-state index in [0.717, 1.165) is 10.6 Å². The second kappa shape index (κ2) is 8.49. The number of nitrogens with zero attached hydrogens (tertiary/aromatic N) is 1. The van der Waals surface area contributed by atoms with Crippen molar-refractivity contribution in [3.8, 4) is 11.5 Å². The summed E-state index contributed by atoms with van der Waals surface area (Å²) in [6, 6.07) is 10.1. The number of methoxy groups -OCH3 is 2. The molecule has 1 amide bonds. The summed E-state index contributed by atoms with van der Waals surface area (Å²) in [6.07, 6.45) is 1.04. The summed E-state index contributed by atoms with van der Waals surface area (Å²) in [4.78, 5) is 12.7. The highest BCUT2D eigenvalue weighted by Gasteiger charge is 2.29. The van der Waals surface area contributed by atoms with E-state index in [4.69, 9.17) is 21.1 Å². The highest BCUT2D eigenvalue weighted by Crippen LogP contribution is 2.30. The number of hydrogen-bond donors (Lipinski definition) is 1. The van der Waals surface area contributed by atoms with Gasteiger partial charge in [-0.15, -0.1) is 0 Å². The summed E-state index contributed by atoms with van der Waals surface area (Å²) in [5.74, 6) is 0.464. The maximum atomic E-state index is 12.7. The van der Waals surface area contributed by atoms with Crippen LogP contribution < -0.4 is 19.1 Å². The molecule has 146 valence electrons. The third kappa shape index (κ3) is 5.05. The van der Waals surface area contributed by atoms with Gasteiger partial charge in [0, 0.05) is 16.8 Å². The Morgan fingerprint density at radius 2 is 1.67 bits per heavy atom. The lowest BCUT2D eigenvalue weighted by Gasteiger charge is -2.28. The number of amides is 1. The van der Waals surface area contributed by atoms with Crippen LogP contribution in [0.3, 0.4) is 0 Å². The SMILES string of the molecule is COc1ccc(NC(=O)C(C)N(c2ccc(Cl)cc2)S(C)(=O)=O)cc1OC. The van der Waals surface area contributed by atoms with Gasteiger partial charge >= 0.3 is 0 Å². The van der Waals surface area contributed by atoms with Crippen LogP contribution in [0, 0.1) is 0 Å². The summed E-state index contributed by atoms with van der Waals surface area (Å²) in [5, 5.41) is 3.16. The molecule has 0 aliphatic carbocycles. The second-order valence-electron chi connectivity index (χ2n) is 5.77. The molecule has 0 radical (unpaired) electrons. The molecule has 1 atom stereocenters. The fourth-order valence-corrected chi connectivity index (χ4v) is 3.86. The first-order chi connectivity index (χ1) is 12.7. The fraction of sp³-hybridized carbons (Fsp3) is 0.278. The Kier molecular flexibility index (Phi) is 6.56. The van der Waals surface area contributed by atoms with E-state index in [-0.39, 0.29) is 0 Å². The van der Waals surface area contributed by atoms with Gasteiger partial charge in [-0.1, -0.05) is 11.6 Å². The second-order valence-corrected chi connectivity index (χ2v) is 8.07. The number of rotatable bonds is 7. The van der Waals surface area contributed by atoms with Crippen LogP contribution in [-0.4, -0.2) is 40.8 Å². The van der Waals surface area contributed by atoms with Gasteiger partial charge in [0.1, 0.15) is 6.04 Å². The number of ether oxygens (including phenoxy) is 2.